The van der Waals surface area contributed by atoms with Gasteiger partial charge in [0.05, 0.1) is 12.8 Å². The minimum Gasteiger partial charge on any atom is -0.494 e. The van der Waals surface area contributed by atoms with Crippen LogP contribution in [0.15, 0.2) is 59.9 Å². The molecule has 2 aromatic heterocycles. The maximum Gasteiger partial charge on any atom is 0.404 e. The average molecular weight is 419 g/mol. The van der Waals surface area contributed by atoms with Gasteiger partial charge in [-0.25, -0.2) is 21.6 Å². The van der Waals surface area contributed by atoms with E-state index < -0.39 is 21.9 Å². The van der Waals surface area contributed by atoms with Crippen LogP contribution in [0.2, 0.25) is 0 Å². The Morgan fingerprint density at radius 2 is 2.10 bits per heavy atom. The molecule has 3 aromatic rings. The predicted molar refractivity (Wildman–Crippen MR) is 103 cm³/mol. The van der Waals surface area contributed by atoms with Crippen LogP contribution in [0, 0.1) is 5.82 Å². The van der Waals surface area contributed by atoms with Crippen molar-refractivity contribution in [3.8, 4) is 17.0 Å². The maximum absolute atomic E-state index is 14.9. The molecule has 1 aromatic carbocycles. The van der Waals surface area contributed by atoms with E-state index in [1.165, 1.54) is 56.0 Å². The number of amides is 1. The van der Waals surface area contributed by atoms with Gasteiger partial charge in [-0.05, 0) is 42.3 Å². The summed E-state index contributed by atoms with van der Waals surface area (Å²) in [5, 5.41) is 10.9. The molecule has 0 bridgehead atoms. The molecule has 10 heteroatoms. The SMILES string of the molecule is COc1cccc(-c2cc(CCNC(=O)O)cn2S(=O)(=O)c2cccnc2)c1F. The van der Waals surface area contributed by atoms with E-state index in [0.717, 1.165) is 3.97 Å². The van der Waals surface area contributed by atoms with Crippen LogP contribution in [-0.4, -0.2) is 42.2 Å². The lowest BCUT2D eigenvalue weighted by Gasteiger charge is -2.12. The van der Waals surface area contributed by atoms with Crippen molar-refractivity contribution in [3.05, 3.63) is 66.4 Å². The fraction of sp³-hybridized carbons (Fsp3) is 0.158. The molecule has 0 radical (unpaired) electrons. The Balaban J connectivity index is 2.14. The van der Waals surface area contributed by atoms with Crippen molar-refractivity contribution in [2.45, 2.75) is 11.3 Å². The Bertz CT molecular complexity index is 1130. The van der Waals surface area contributed by atoms with Crippen molar-refractivity contribution in [2.24, 2.45) is 0 Å². The van der Waals surface area contributed by atoms with Crippen LogP contribution in [-0.2, 0) is 16.4 Å². The second-order valence-electron chi connectivity index (χ2n) is 6.03. The van der Waals surface area contributed by atoms with Crippen LogP contribution in [0.1, 0.15) is 5.56 Å². The lowest BCUT2D eigenvalue weighted by Crippen LogP contribution is -2.23. The molecule has 0 fully saturated rings. The number of halogens is 1. The van der Waals surface area contributed by atoms with Gasteiger partial charge in [0.2, 0.25) is 0 Å². The molecule has 29 heavy (non-hydrogen) atoms. The number of nitrogens with one attached hydrogen (secondary N) is 1. The first-order chi connectivity index (χ1) is 13.8. The number of benzene rings is 1. The highest BCUT2D eigenvalue weighted by molar-refractivity contribution is 7.90. The molecule has 0 aliphatic rings. The summed E-state index contributed by atoms with van der Waals surface area (Å²) in [7, 11) is -2.75. The molecule has 2 heterocycles. The van der Waals surface area contributed by atoms with Crippen LogP contribution in [0.5, 0.6) is 5.75 Å². The number of nitrogens with zero attached hydrogens (tertiary/aromatic N) is 2. The molecule has 0 aliphatic carbocycles. The van der Waals surface area contributed by atoms with Gasteiger partial charge in [-0.1, -0.05) is 6.07 Å². The van der Waals surface area contributed by atoms with Crippen molar-refractivity contribution in [1.82, 2.24) is 14.3 Å². The Labute approximate surface area is 166 Å². The highest BCUT2D eigenvalue weighted by Crippen LogP contribution is 2.32. The summed E-state index contributed by atoms with van der Waals surface area (Å²) in [6.07, 6.45) is 3.03. The van der Waals surface area contributed by atoms with Gasteiger partial charge in [-0.15, -0.1) is 0 Å². The van der Waals surface area contributed by atoms with Crippen molar-refractivity contribution in [2.75, 3.05) is 13.7 Å². The van der Waals surface area contributed by atoms with Crippen LogP contribution >= 0.6 is 0 Å². The number of aromatic nitrogens is 2. The molecule has 0 atom stereocenters. The van der Waals surface area contributed by atoms with Gasteiger partial charge in [0.1, 0.15) is 4.90 Å². The molecule has 1 amide bonds. The monoisotopic (exact) mass is 419 g/mol. The quantitative estimate of drug-likeness (QED) is 0.609. The molecule has 0 aliphatic heterocycles. The van der Waals surface area contributed by atoms with Crippen LogP contribution in [0.25, 0.3) is 11.3 Å². The van der Waals surface area contributed by atoms with E-state index in [4.69, 9.17) is 9.84 Å². The van der Waals surface area contributed by atoms with E-state index in [-0.39, 0.29) is 34.9 Å². The van der Waals surface area contributed by atoms with Gasteiger partial charge < -0.3 is 15.2 Å². The summed E-state index contributed by atoms with van der Waals surface area (Å²) in [5.41, 5.74) is 0.647. The van der Waals surface area contributed by atoms with Crippen molar-refractivity contribution in [1.29, 1.82) is 0 Å². The van der Waals surface area contributed by atoms with Crippen molar-refractivity contribution >= 4 is 16.1 Å². The number of carboxylic acid groups (broad SMARTS) is 1. The van der Waals surface area contributed by atoms with Gasteiger partial charge in [-0.3, -0.25) is 4.98 Å². The lowest BCUT2D eigenvalue weighted by molar-refractivity contribution is 0.194. The number of methoxy groups -OCH3 is 1. The molecule has 8 nitrogen and oxygen atoms in total. The average Bonchev–Trinajstić information content (AvgIpc) is 3.13. The van der Waals surface area contributed by atoms with Gasteiger partial charge in [-0.2, -0.15) is 0 Å². The van der Waals surface area contributed by atoms with Gasteiger partial charge in [0.15, 0.2) is 11.6 Å². The first kappa shape index (κ1) is 20.3. The minimum absolute atomic E-state index is 0.0249. The molecule has 152 valence electrons. The fourth-order valence-corrected chi connectivity index (χ4v) is 4.18. The van der Waals surface area contributed by atoms with E-state index >= 15 is 0 Å². The molecule has 0 saturated heterocycles. The molecule has 0 unspecified atom stereocenters. The smallest absolute Gasteiger partial charge is 0.404 e. The summed E-state index contributed by atoms with van der Waals surface area (Å²) >= 11 is 0. The van der Waals surface area contributed by atoms with E-state index in [1.54, 1.807) is 6.07 Å². The first-order valence-corrected chi connectivity index (χ1v) is 9.95. The minimum atomic E-state index is -4.06. The second kappa shape index (κ2) is 8.31. The molecule has 2 N–H and O–H groups in total. The Morgan fingerprint density at radius 3 is 2.76 bits per heavy atom. The first-order valence-electron chi connectivity index (χ1n) is 8.51. The van der Waals surface area contributed by atoms with E-state index in [0.29, 0.717) is 5.56 Å². The number of pyridine rings is 1. The third-order valence-corrected chi connectivity index (χ3v) is 5.84. The molecule has 3 rings (SSSR count). The van der Waals surface area contributed by atoms with Crippen LogP contribution in [0.4, 0.5) is 9.18 Å². The summed E-state index contributed by atoms with van der Waals surface area (Å²) in [6, 6.07) is 8.81. The molecule has 0 saturated carbocycles. The molecule has 0 spiro atoms. The van der Waals surface area contributed by atoms with Gasteiger partial charge in [0.25, 0.3) is 10.0 Å². The number of hydrogen-bond acceptors (Lipinski definition) is 5. The number of ether oxygens (including phenoxy) is 1. The summed E-state index contributed by atoms with van der Waals surface area (Å²) < 4.78 is 47.1. The van der Waals surface area contributed by atoms with Crippen LogP contribution < -0.4 is 10.1 Å². The Morgan fingerprint density at radius 1 is 1.31 bits per heavy atom. The maximum atomic E-state index is 14.9. The molecular weight excluding hydrogens is 401 g/mol. The van der Waals surface area contributed by atoms with E-state index in [2.05, 4.69) is 10.3 Å². The Kier molecular flexibility index (Phi) is 5.83. The van der Waals surface area contributed by atoms with E-state index in [1.807, 2.05) is 0 Å². The van der Waals surface area contributed by atoms with Crippen molar-refractivity contribution < 1.29 is 27.4 Å². The number of rotatable bonds is 7. The summed E-state index contributed by atoms with van der Waals surface area (Å²) in [5.74, 6) is -0.728. The standard InChI is InChI=1S/C19H18FN3O5S/c1-28-17-6-2-5-15(18(17)20)16-10-13(7-9-22-19(24)25)12-23(16)29(26,27)14-4-3-8-21-11-14/h2-6,8,10-12,22H,7,9H2,1H3,(H,24,25). The highest BCUT2D eigenvalue weighted by atomic mass is 32.2. The zero-order chi connectivity index (χ0) is 21.0. The number of carbonyl (C=O) groups is 1. The van der Waals surface area contributed by atoms with E-state index in [9.17, 15) is 17.6 Å². The third-order valence-electron chi connectivity index (χ3n) is 4.18. The number of hydrogen-bond donors (Lipinski definition) is 2. The predicted octanol–water partition coefficient (Wildman–Crippen LogP) is 2.74. The third kappa shape index (κ3) is 4.21. The second-order valence-corrected chi connectivity index (χ2v) is 7.84. The molecular formula is C19H18FN3O5S. The Hall–Kier alpha value is -3.40. The van der Waals surface area contributed by atoms with Crippen molar-refractivity contribution in [3.63, 3.8) is 0 Å². The fourth-order valence-electron chi connectivity index (χ4n) is 2.82. The zero-order valence-electron chi connectivity index (χ0n) is 15.4. The topological polar surface area (TPSA) is 111 Å². The lowest BCUT2D eigenvalue weighted by atomic mass is 10.1. The summed E-state index contributed by atoms with van der Waals surface area (Å²) in [4.78, 5) is 14.4. The normalized spacial score (nSPS) is 11.2. The van der Waals surface area contributed by atoms with Gasteiger partial charge >= 0.3 is 6.09 Å². The summed E-state index contributed by atoms with van der Waals surface area (Å²) in [6.45, 7) is 0.0757. The largest absolute Gasteiger partial charge is 0.494 e. The highest BCUT2D eigenvalue weighted by Gasteiger charge is 2.24. The van der Waals surface area contributed by atoms with Gasteiger partial charge in [0, 0.05) is 30.7 Å². The van der Waals surface area contributed by atoms with Crippen LogP contribution in [0.3, 0.4) is 0 Å². The zero-order valence-corrected chi connectivity index (χ0v) is 16.2.